The molecule has 1 aromatic heterocycles. The maximum absolute atomic E-state index is 11.5. The van der Waals surface area contributed by atoms with Crippen LogP contribution in [0.4, 0.5) is 5.69 Å². The topological polar surface area (TPSA) is 130 Å². The van der Waals surface area contributed by atoms with Crippen molar-refractivity contribution in [3.63, 3.8) is 0 Å². The van der Waals surface area contributed by atoms with Crippen LogP contribution in [-0.2, 0) is 13.0 Å². The van der Waals surface area contributed by atoms with Gasteiger partial charge in [0.1, 0.15) is 0 Å². The number of fused-ring (bicyclic) bond motifs is 2. The number of primary amides is 1. The Morgan fingerprint density at radius 2 is 2.07 bits per heavy atom. The van der Waals surface area contributed by atoms with E-state index in [0.29, 0.717) is 43.5 Å². The Balaban J connectivity index is 0.00000240. The molecule has 2 aromatic rings. The molecule has 5 N–H and O–H groups in total. The van der Waals surface area contributed by atoms with Gasteiger partial charge in [-0.1, -0.05) is 0 Å². The molecule has 10 heteroatoms. The number of hydrogen-bond acceptors (Lipinski definition) is 5. The number of anilines is 1. The molecule has 29 heavy (non-hydrogen) atoms. The van der Waals surface area contributed by atoms with Gasteiger partial charge in [-0.3, -0.25) is 14.5 Å². The Kier molecular flexibility index (Phi) is 6.83. The maximum Gasteiger partial charge on any atom is 0.252 e. The third-order valence-corrected chi connectivity index (χ3v) is 4.99. The number of benzene rings is 1. The van der Waals surface area contributed by atoms with Gasteiger partial charge in [0.15, 0.2) is 17.5 Å². The number of nitrogens with zero attached hydrogens (tertiary/aromatic N) is 3. The summed E-state index contributed by atoms with van der Waals surface area (Å²) in [5, 5.41) is 7.32. The van der Waals surface area contributed by atoms with E-state index in [1.165, 1.54) is 0 Å². The summed E-state index contributed by atoms with van der Waals surface area (Å²) in [7, 11) is 0. The van der Waals surface area contributed by atoms with Crippen molar-refractivity contribution in [2.24, 2.45) is 22.4 Å². The lowest BCUT2D eigenvalue weighted by atomic mass is 9.94. The van der Waals surface area contributed by atoms with Gasteiger partial charge in [-0.15, -0.1) is 24.0 Å². The van der Waals surface area contributed by atoms with E-state index in [1.807, 2.05) is 22.9 Å². The van der Waals surface area contributed by atoms with Crippen molar-refractivity contribution in [2.75, 3.05) is 25.1 Å². The van der Waals surface area contributed by atoms with Crippen molar-refractivity contribution < 1.29 is 14.3 Å². The molecule has 1 unspecified atom stereocenters. The zero-order valence-corrected chi connectivity index (χ0v) is 18.3. The normalized spacial score (nSPS) is 18.2. The summed E-state index contributed by atoms with van der Waals surface area (Å²) >= 11 is 0. The van der Waals surface area contributed by atoms with E-state index in [9.17, 15) is 4.79 Å². The Hall–Kier alpha value is -2.50. The highest BCUT2D eigenvalue weighted by molar-refractivity contribution is 14.0. The minimum atomic E-state index is -0.444. The smallest absolute Gasteiger partial charge is 0.252 e. The summed E-state index contributed by atoms with van der Waals surface area (Å²) < 4.78 is 13.2. The van der Waals surface area contributed by atoms with Crippen molar-refractivity contribution in [2.45, 2.75) is 25.8 Å². The second kappa shape index (κ2) is 9.33. The van der Waals surface area contributed by atoms with Gasteiger partial charge in [-0.25, -0.2) is 0 Å². The van der Waals surface area contributed by atoms with Crippen molar-refractivity contribution in [3.8, 4) is 11.5 Å². The molecule has 0 fully saturated rings. The van der Waals surface area contributed by atoms with Crippen molar-refractivity contribution in [3.05, 3.63) is 35.7 Å². The number of nitrogens with two attached hydrogens (primary N) is 2. The lowest BCUT2D eigenvalue weighted by Gasteiger charge is -2.22. The number of nitrogens with one attached hydrogen (secondary N) is 1. The molecule has 0 bridgehead atoms. The Morgan fingerprint density at radius 3 is 2.86 bits per heavy atom. The number of halogens is 1. The zero-order valence-electron chi connectivity index (χ0n) is 16.0. The van der Waals surface area contributed by atoms with Crippen molar-refractivity contribution in [1.29, 1.82) is 0 Å². The predicted octanol–water partition coefficient (Wildman–Crippen LogP) is 1.75. The van der Waals surface area contributed by atoms with Gasteiger partial charge in [-0.2, -0.15) is 5.10 Å². The second-order valence-electron chi connectivity index (χ2n) is 7.01. The zero-order chi connectivity index (χ0) is 19.5. The molecule has 2 aliphatic rings. The van der Waals surface area contributed by atoms with Crippen molar-refractivity contribution in [1.82, 2.24) is 9.78 Å². The van der Waals surface area contributed by atoms with Gasteiger partial charge >= 0.3 is 0 Å². The average molecular weight is 512 g/mol. The fourth-order valence-corrected chi connectivity index (χ4v) is 3.52. The van der Waals surface area contributed by atoms with Gasteiger partial charge < -0.3 is 26.3 Å². The third kappa shape index (κ3) is 4.92. The quantitative estimate of drug-likeness (QED) is 0.325. The summed E-state index contributed by atoms with van der Waals surface area (Å²) in [4.78, 5) is 16.0. The number of amides is 1. The molecule has 2 aliphatic heterocycles. The number of aromatic nitrogens is 2. The molecule has 1 aromatic carbocycles. The molecule has 4 rings (SSSR count). The van der Waals surface area contributed by atoms with E-state index in [0.717, 1.165) is 36.5 Å². The van der Waals surface area contributed by atoms with Crippen LogP contribution >= 0.6 is 24.0 Å². The van der Waals surface area contributed by atoms with Gasteiger partial charge in [-0.05, 0) is 30.9 Å². The standard InChI is InChI=1S/C19H24N6O3.HI/c20-18(26)14-11-23-25-5-4-12(8-15(14)25)10-22-19(21)24-13-2-3-16-17(9-13)28-7-1-6-27-16;/h2-3,9,11-12H,1,4-8,10H2,(H2,20,26)(H3,21,22,24);1H. The highest BCUT2D eigenvalue weighted by Crippen LogP contribution is 2.32. The third-order valence-electron chi connectivity index (χ3n) is 4.99. The van der Waals surface area contributed by atoms with E-state index < -0.39 is 5.91 Å². The number of hydrogen-bond donors (Lipinski definition) is 3. The molecule has 156 valence electrons. The SMILES string of the molecule is I.NC(=O)c1cnn2c1CC(CN=C(N)Nc1ccc3c(c1)OCCCO3)CC2. The number of carbonyl (C=O) groups is 1. The number of guanidine groups is 1. The molecular weight excluding hydrogens is 487 g/mol. The molecule has 0 aliphatic carbocycles. The van der Waals surface area contributed by atoms with Crippen LogP contribution < -0.4 is 26.3 Å². The molecule has 0 radical (unpaired) electrons. The fraction of sp³-hybridized carbons (Fsp3) is 0.421. The highest BCUT2D eigenvalue weighted by Gasteiger charge is 2.24. The summed E-state index contributed by atoms with van der Waals surface area (Å²) in [5.41, 5.74) is 13.7. The lowest BCUT2D eigenvalue weighted by Crippen LogP contribution is -2.27. The van der Waals surface area contributed by atoms with E-state index in [4.69, 9.17) is 20.9 Å². The number of ether oxygens (including phenoxy) is 2. The lowest BCUT2D eigenvalue weighted by molar-refractivity contribution is 0.0998. The summed E-state index contributed by atoms with van der Waals surface area (Å²) in [6, 6.07) is 5.61. The molecule has 0 saturated heterocycles. The monoisotopic (exact) mass is 512 g/mol. The molecule has 1 amide bonds. The van der Waals surface area contributed by atoms with Crippen LogP contribution in [0.15, 0.2) is 29.4 Å². The molecule has 0 spiro atoms. The Labute approximate surface area is 185 Å². The first-order valence-corrected chi connectivity index (χ1v) is 9.41. The van der Waals surface area contributed by atoms with Crippen LogP contribution in [0.5, 0.6) is 11.5 Å². The number of rotatable bonds is 4. The average Bonchev–Trinajstić information content (AvgIpc) is 2.97. The van der Waals surface area contributed by atoms with Crippen LogP contribution in [0.1, 0.15) is 28.9 Å². The van der Waals surface area contributed by atoms with Gasteiger partial charge in [0.2, 0.25) is 0 Å². The Bertz CT molecular complexity index is 913. The van der Waals surface area contributed by atoms with Crippen molar-refractivity contribution >= 4 is 41.5 Å². The van der Waals surface area contributed by atoms with Crippen LogP contribution in [0.3, 0.4) is 0 Å². The van der Waals surface area contributed by atoms with Crippen LogP contribution in [0.25, 0.3) is 0 Å². The largest absolute Gasteiger partial charge is 0.490 e. The fourth-order valence-electron chi connectivity index (χ4n) is 3.52. The predicted molar refractivity (Wildman–Crippen MR) is 120 cm³/mol. The van der Waals surface area contributed by atoms with E-state index in [2.05, 4.69) is 15.4 Å². The minimum Gasteiger partial charge on any atom is -0.490 e. The van der Waals surface area contributed by atoms with E-state index >= 15 is 0 Å². The highest BCUT2D eigenvalue weighted by atomic mass is 127. The second-order valence-corrected chi connectivity index (χ2v) is 7.01. The van der Waals surface area contributed by atoms with Gasteiger partial charge in [0, 0.05) is 31.3 Å². The summed E-state index contributed by atoms with van der Waals surface area (Å²) in [5.74, 6) is 1.62. The first kappa shape index (κ1) is 21.2. The number of aliphatic imine (C=N–C) groups is 1. The van der Waals surface area contributed by atoms with Gasteiger partial charge in [0.05, 0.1) is 30.7 Å². The van der Waals surface area contributed by atoms with Crippen LogP contribution in [0.2, 0.25) is 0 Å². The molecule has 9 nitrogen and oxygen atoms in total. The molecule has 1 atom stereocenters. The Morgan fingerprint density at radius 1 is 1.28 bits per heavy atom. The first-order valence-electron chi connectivity index (χ1n) is 9.41. The maximum atomic E-state index is 11.5. The summed E-state index contributed by atoms with van der Waals surface area (Å²) in [6.07, 6.45) is 4.04. The number of carbonyl (C=O) groups excluding carboxylic acids is 1. The summed E-state index contributed by atoms with van der Waals surface area (Å²) in [6.45, 7) is 2.60. The van der Waals surface area contributed by atoms with E-state index in [1.54, 1.807) is 6.20 Å². The molecule has 0 saturated carbocycles. The van der Waals surface area contributed by atoms with E-state index in [-0.39, 0.29) is 29.9 Å². The van der Waals surface area contributed by atoms with Crippen LogP contribution in [0, 0.1) is 5.92 Å². The number of aryl methyl sites for hydroxylation is 1. The van der Waals surface area contributed by atoms with Crippen LogP contribution in [-0.4, -0.2) is 41.4 Å². The first-order chi connectivity index (χ1) is 13.6. The minimum absolute atomic E-state index is 0. The van der Waals surface area contributed by atoms with Gasteiger partial charge in [0.25, 0.3) is 5.91 Å². The molecular formula is C19H25IN6O3. The molecule has 3 heterocycles.